The average molecular weight is 213 g/mol. The van der Waals surface area contributed by atoms with Crippen molar-refractivity contribution in [1.82, 2.24) is 10.2 Å². The van der Waals surface area contributed by atoms with E-state index >= 15 is 0 Å². The number of aliphatic hydroxyl groups excluding tert-OH is 1. The second kappa shape index (κ2) is 4.78. The van der Waals surface area contributed by atoms with Crippen LogP contribution in [0, 0.1) is 0 Å². The second-order valence-electron chi connectivity index (χ2n) is 4.94. The van der Waals surface area contributed by atoms with Gasteiger partial charge in [0.2, 0.25) is 0 Å². The van der Waals surface area contributed by atoms with Crippen molar-refractivity contribution >= 4 is 0 Å². The van der Waals surface area contributed by atoms with Crippen LogP contribution in [0.4, 0.5) is 0 Å². The SMILES string of the molecule is NCC1(NCCCO)CCN(C2CC2)C1. The molecule has 4 heteroatoms. The van der Waals surface area contributed by atoms with Crippen molar-refractivity contribution in [2.45, 2.75) is 37.3 Å². The lowest BCUT2D eigenvalue weighted by Crippen LogP contribution is -2.53. The van der Waals surface area contributed by atoms with E-state index in [0.29, 0.717) is 6.54 Å². The molecule has 2 aliphatic rings. The van der Waals surface area contributed by atoms with E-state index in [1.165, 1.54) is 19.4 Å². The highest BCUT2D eigenvalue weighted by Gasteiger charge is 2.41. The molecule has 0 radical (unpaired) electrons. The molecule has 1 aliphatic heterocycles. The molecule has 1 saturated carbocycles. The van der Waals surface area contributed by atoms with Crippen molar-refractivity contribution in [2.75, 3.05) is 32.8 Å². The number of nitrogens with zero attached hydrogens (tertiary/aromatic N) is 1. The molecule has 1 saturated heterocycles. The van der Waals surface area contributed by atoms with Crippen LogP contribution in [-0.2, 0) is 0 Å². The summed E-state index contributed by atoms with van der Waals surface area (Å²) in [5.41, 5.74) is 6.00. The fourth-order valence-electron chi connectivity index (χ4n) is 2.47. The van der Waals surface area contributed by atoms with Gasteiger partial charge < -0.3 is 16.2 Å². The largest absolute Gasteiger partial charge is 0.396 e. The van der Waals surface area contributed by atoms with E-state index in [1.54, 1.807) is 0 Å². The molecule has 1 unspecified atom stereocenters. The van der Waals surface area contributed by atoms with Crippen molar-refractivity contribution in [1.29, 1.82) is 0 Å². The molecule has 0 spiro atoms. The van der Waals surface area contributed by atoms with Crippen molar-refractivity contribution < 1.29 is 5.11 Å². The number of nitrogens with one attached hydrogen (secondary N) is 1. The maximum Gasteiger partial charge on any atom is 0.0444 e. The van der Waals surface area contributed by atoms with Crippen LogP contribution < -0.4 is 11.1 Å². The summed E-state index contributed by atoms with van der Waals surface area (Å²) in [7, 11) is 0. The third-order valence-corrected chi connectivity index (χ3v) is 3.67. The van der Waals surface area contributed by atoms with Crippen LogP contribution in [-0.4, -0.2) is 54.4 Å². The van der Waals surface area contributed by atoms with Crippen LogP contribution in [0.1, 0.15) is 25.7 Å². The Bertz CT molecular complexity index is 208. The summed E-state index contributed by atoms with van der Waals surface area (Å²) in [5, 5.41) is 12.3. The minimum absolute atomic E-state index is 0.123. The Kier molecular flexibility index (Phi) is 3.61. The molecule has 1 aliphatic carbocycles. The lowest BCUT2D eigenvalue weighted by Gasteiger charge is -2.29. The van der Waals surface area contributed by atoms with Gasteiger partial charge in [-0.2, -0.15) is 0 Å². The molecule has 15 heavy (non-hydrogen) atoms. The molecular weight excluding hydrogens is 190 g/mol. The number of nitrogens with two attached hydrogens (primary N) is 1. The number of hydrogen-bond donors (Lipinski definition) is 3. The van der Waals surface area contributed by atoms with E-state index < -0.39 is 0 Å². The van der Waals surface area contributed by atoms with E-state index in [4.69, 9.17) is 10.8 Å². The summed E-state index contributed by atoms with van der Waals surface area (Å²) in [6, 6.07) is 0.845. The van der Waals surface area contributed by atoms with Gasteiger partial charge in [-0.1, -0.05) is 0 Å². The molecule has 0 bridgehead atoms. The molecule has 1 atom stereocenters. The first-order valence-electron chi connectivity index (χ1n) is 6.10. The molecule has 88 valence electrons. The summed E-state index contributed by atoms with van der Waals surface area (Å²) < 4.78 is 0. The highest BCUT2D eigenvalue weighted by molar-refractivity contribution is 5.02. The van der Waals surface area contributed by atoms with Crippen molar-refractivity contribution in [3.05, 3.63) is 0 Å². The van der Waals surface area contributed by atoms with Gasteiger partial charge in [0.15, 0.2) is 0 Å². The van der Waals surface area contributed by atoms with Gasteiger partial charge in [-0.05, 0) is 32.2 Å². The van der Waals surface area contributed by atoms with Crippen molar-refractivity contribution in [3.8, 4) is 0 Å². The first kappa shape index (κ1) is 11.3. The summed E-state index contributed by atoms with van der Waals surface area (Å²) in [6.45, 7) is 4.14. The van der Waals surface area contributed by atoms with Gasteiger partial charge in [-0.15, -0.1) is 0 Å². The number of hydrogen-bond acceptors (Lipinski definition) is 4. The Hall–Kier alpha value is -0.160. The molecule has 2 rings (SSSR count). The summed E-state index contributed by atoms with van der Waals surface area (Å²) in [5.74, 6) is 0. The van der Waals surface area contributed by atoms with Gasteiger partial charge in [0, 0.05) is 37.8 Å². The van der Waals surface area contributed by atoms with Gasteiger partial charge in [0.25, 0.3) is 0 Å². The predicted molar refractivity (Wildman–Crippen MR) is 60.7 cm³/mol. The third kappa shape index (κ3) is 2.69. The Morgan fingerprint density at radius 1 is 1.47 bits per heavy atom. The standard InChI is InChI=1S/C11H23N3O/c12-8-11(13-5-1-7-15)4-6-14(9-11)10-2-3-10/h10,13,15H,1-9,12H2. The Labute approximate surface area is 91.8 Å². The smallest absolute Gasteiger partial charge is 0.0444 e. The Balaban J connectivity index is 1.80. The number of aliphatic hydroxyl groups is 1. The second-order valence-corrected chi connectivity index (χ2v) is 4.94. The van der Waals surface area contributed by atoms with Gasteiger partial charge >= 0.3 is 0 Å². The highest BCUT2D eigenvalue weighted by atomic mass is 16.3. The lowest BCUT2D eigenvalue weighted by atomic mass is 9.99. The zero-order valence-corrected chi connectivity index (χ0v) is 9.41. The third-order valence-electron chi connectivity index (χ3n) is 3.67. The average Bonchev–Trinajstić information content (AvgIpc) is 3.02. The molecule has 4 N–H and O–H groups in total. The molecule has 1 heterocycles. The Morgan fingerprint density at radius 2 is 2.27 bits per heavy atom. The minimum Gasteiger partial charge on any atom is -0.396 e. The maximum absolute atomic E-state index is 8.77. The molecule has 0 aromatic rings. The number of rotatable bonds is 6. The van der Waals surface area contributed by atoms with Gasteiger partial charge in [-0.3, -0.25) is 4.90 Å². The fraction of sp³-hybridized carbons (Fsp3) is 1.00. The van der Waals surface area contributed by atoms with Gasteiger partial charge in [0.05, 0.1) is 0 Å². The zero-order valence-electron chi connectivity index (χ0n) is 9.41. The topological polar surface area (TPSA) is 61.5 Å². The first-order chi connectivity index (χ1) is 7.29. The van der Waals surface area contributed by atoms with Crippen molar-refractivity contribution in [3.63, 3.8) is 0 Å². The summed E-state index contributed by atoms with van der Waals surface area (Å²) in [4.78, 5) is 2.57. The number of likely N-dealkylation sites (tertiary alicyclic amines) is 1. The van der Waals surface area contributed by atoms with E-state index in [0.717, 1.165) is 32.0 Å². The zero-order chi connectivity index (χ0) is 10.7. The Morgan fingerprint density at radius 3 is 2.87 bits per heavy atom. The first-order valence-corrected chi connectivity index (χ1v) is 6.10. The van der Waals surface area contributed by atoms with Crippen molar-refractivity contribution in [2.24, 2.45) is 5.73 Å². The maximum atomic E-state index is 8.77. The fourth-order valence-corrected chi connectivity index (χ4v) is 2.47. The van der Waals surface area contributed by atoms with Gasteiger partial charge in [-0.25, -0.2) is 0 Å². The monoisotopic (exact) mass is 213 g/mol. The van der Waals surface area contributed by atoms with Crippen LogP contribution in [0.3, 0.4) is 0 Å². The van der Waals surface area contributed by atoms with E-state index in [9.17, 15) is 0 Å². The molecule has 0 aromatic heterocycles. The molecular formula is C11H23N3O. The van der Waals surface area contributed by atoms with Crippen LogP contribution in [0.15, 0.2) is 0 Å². The summed E-state index contributed by atoms with van der Waals surface area (Å²) in [6.07, 6.45) is 4.73. The summed E-state index contributed by atoms with van der Waals surface area (Å²) >= 11 is 0. The van der Waals surface area contributed by atoms with E-state index in [2.05, 4.69) is 10.2 Å². The normalized spacial score (nSPS) is 32.4. The molecule has 0 aromatic carbocycles. The van der Waals surface area contributed by atoms with Crippen LogP contribution in [0.25, 0.3) is 0 Å². The predicted octanol–water partition coefficient (Wildman–Crippen LogP) is -0.476. The highest BCUT2D eigenvalue weighted by Crippen LogP contribution is 2.32. The minimum atomic E-state index is 0.123. The lowest BCUT2D eigenvalue weighted by molar-refractivity contribution is 0.254. The van der Waals surface area contributed by atoms with Crippen LogP contribution >= 0.6 is 0 Å². The van der Waals surface area contributed by atoms with E-state index in [1.807, 2.05) is 0 Å². The molecule has 0 amide bonds. The quantitative estimate of drug-likeness (QED) is 0.522. The van der Waals surface area contributed by atoms with Gasteiger partial charge in [0.1, 0.15) is 0 Å². The van der Waals surface area contributed by atoms with Crippen LogP contribution in [0.5, 0.6) is 0 Å². The van der Waals surface area contributed by atoms with Crippen LogP contribution in [0.2, 0.25) is 0 Å². The molecule has 4 nitrogen and oxygen atoms in total. The molecule has 2 fully saturated rings. The van der Waals surface area contributed by atoms with E-state index in [-0.39, 0.29) is 12.1 Å².